The summed E-state index contributed by atoms with van der Waals surface area (Å²) in [6.45, 7) is 2.66. The van der Waals surface area contributed by atoms with Gasteiger partial charge in [-0.05, 0) is 37.8 Å². The number of amides is 2. The maximum absolute atomic E-state index is 12.7. The van der Waals surface area contributed by atoms with Gasteiger partial charge >= 0.3 is 0 Å². The van der Waals surface area contributed by atoms with Crippen LogP contribution in [0.1, 0.15) is 36.0 Å². The van der Waals surface area contributed by atoms with Gasteiger partial charge in [-0.3, -0.25) is 14.6 Å². The number of nitrogens with zero attached hydrogens (tertiary/aromatic N) is 3. The number of likely N-dealkylation sites (tertiary alicyclic amines) is 2. The van der Waals surface area contributed by atoms with Crippen molar-refractivity contribution in [3.8, 4) is 0 Å². The molecule has 0 aromatic carbocycles. The van der Waals surface area contributed by atoms with E-state index in [4.69, 9.17) is 5.73 Å². The fraction of sp³-hybridized carbons (Fsp3) is 0.588. The van der Waals surface area contributed by atoms with Gasteiger partial charge in [0.05, 0.1) is 5.92 Å². The van der Waals surface area contributed by atoms with Crippen molar-refractivity contribution in [2.45, 2.75) is 31.7 Å². The molecule has 140 valence electrons. The molecule has 2 fully saturated rings. The van der Waals surface area contributed by atoms with Crippen LogP contribution in [0.4, 0.5) is 0 Å². The first-order valence-corrected chi connectivity index (χ1v) is 8.39. The Hall–Kier alpha value is -1.37. The van der Waals surface area contributed by atoms with Crippen molar-refractivity contribution in [1.29, 1.82) is 0 Å². The van der Waals surface area contributed by atoms with Crippen molar-refractivity contribution in [2.75, 3.05) is 26.2 Å². The SMILES string of the molecule is Cl.Cl.NC1CCCN(C(=O)C2CCCN(C(=O)c3ccncc3)C2)C1. The van der Waals surface area contributed by atoms with Crippen LogP contribution in [0.5, 0.6) is 0 Å². The van der Waals surface area contributed by atoms with Crippen LogP contribution in [0.15, 0.2) is 24.5 Å². The van der Waals surface area contributed by atoms with E-state index in [1.165, 1.54) is 0 Å². The van der Waals surface area contributed by atoms with Gasteiger partial charge in [-0.15, -0.1) is 24.8 Å². The first-order valence-electron chi connectivity index (χ1n) is 8.39. The van der Waals surface area contributed by atoms with Crippen molar-refractivity contribution in [3.05, 3.63) is 30.1 Å². The Morgan fingerprint density at radius 1 is 1.00 bits per heavy atom. The van der Waals surface area contributed by atoms with Gasteiger partial charge < -0.3 is 15.5 Å². The van der Waals surface area contributed by atoms with Crippen molar-refractivity contribution in [1.82, 2.24) is 14.8 Å². The maximum Gasteiger partial charge on any atom is 0.253 e. The van der Waals surface area contributed by atoms with Crippen LogP contribution >= 0.6 is 24.8 Å². The molecule has 1 aromatic rings. The van der Waals surface area contributed by atoms with Gasteiger partial charge in [-0.25, -0.2) is 0 Å². The number of halogens is 2. The van der Waals surface area contributed by atoms with Crippen molar-refractivity contribution in [3.63, 3.8) is 0 Å². The average Bonchev–Trinajstić information content (AvgIpc) is 2.61. The summed E-state index contributed by atoms with van der Waals surface area (Å²) in [7, 11) is 0. The molecule has 2 N–H and O–H groups in total. The average molecular weight is 389 g/mol. The highest BCUT2D eigenvalue weighted by molar-refractivity contribution is 5.94. The predicted molar refractivity (Wildman–Crippen MR) is 101 cm³/mol. The van der Waals surface area contributed by atoms with E-state index in [1.54, 1.807) is 29.4 Å². The Balaban J connectivity index is 0.00000156. The molecule has 8 heteroatoms. The summed E-state index contributed by atoms with van der Waals surface area (Å²) in [6.07, 6.45) is 6.92. The van der Waals surface area contributed by atoms with Gasteiger partial charge in [0.2, 0.25) is 5.91 Å². The number of piperidine rings is 2. The lowest BCUT2D eigenvalue weighted by Crippen LogP contribution is -2.51. The zero-order valence-electron chi connectivity index (χ0n) is 14.2. The van der Waals surface area contributed by atoms with E-state index in [2.05, 4.69) is 4.98 Å². The third-order valence-electron chi connectivity index (χ3n) is 4.75. The molecule has 2 amide bonds. The number of nitrogens with two attached hydrogens (primary N) is 1. The molecule has 2 saturated heterocycles. The second-order valence-corrected chi connectivity index (χ2v) is 6.51. The molecule has 2 aliphatic heterocycles. The second kappa shape index (κ2) is 9.94. The normalized spacial score (nSPS) is 23.2. The van der Waals surface area contributed by atoms with Crippen molar-refractivity contribution < 1.29 is 9.59 Å². The first-order chi connectivity index (χ1) is 11.1. The van der Waals surface area contributed by atoms with Gasteiger partial charge in [0.1, 0.15) is 0 Å². The minimum atomic E-state index is -0.0974. The van der Waals surface area contributed by atoms with Crippen LogP contribution in [0.2, 0.25) is 0 Å². The molecule has 3 heterocycles. The van der Waals surface area contributed by atoms with Crippen LogP contribution < -0.4 is 5.73 Å². The Kier molecular flexibility index (Phi) is 8.62. The van der Waals surface area contributed by atoms with Crippen LogP contribution in [0.25, 0.3) is 0 Å². The monoisotopic (exact) mass is 388 g/mol. The molecular formula is C17H26Cl2N4O2. The van der Waals surface area contributed by atoms with Gasteiger partial charge in [0.15, 0.2) is 0 Å². The fourth-order valence-corrected chi connectivity index (χ4v) is 3.51. The summed E-state index contributed by atoms with van der Waals surface area (Å²) in [5.74, 6) is 0.0486. The number of carbonyl (C=O) groups excluding carboxylic acids is 2. The molecule has 1 aromatic heterocycles. The number of hydrogen-bond donors (Lipinski definition) is 1. The molecule has 2 aliphatic rings. The van der Waals surface area contributed by atoms with Gasteiger partial charge in [0, 0.05) is 50.2 Å². The number of aromatic nitrogens is 1. The van der Waals surface area contributed by atoms with E-state index < -0.39 is 0 Å². The van der Waals surface area contributed by atoms with Gasteiger partial charge in [0.25, 0.3) is 5.91 Å². The van der Waals surface area contributed by atoms with Crippen molar-refractivity contribution in [2.24, 2.45) is 11.7 Å². The minimum Gasteiger partial charge on any atom is -0.341 e. The molecule has 3 rings (SSSR count). The van der Waals surface area contributed by atoms with E-state index in [9.17, 15) is 9.59 Å². The zero-order chi connectivity index (χ0) is 16.2. The molecule has 0 saturated carbocycles. The summed E-state index contributed by atoms with van der Waals surface area (Å²) in [5, 5.41) is 0. The van der Waals surface area contributed by atoms with E-state index in [0.29, 0.717) is 25.2 Å². The highest BCUT2D eigenvalue weighted by atomic mass is 35.5. The molecule has 0 bridgehead atoms. The highest BCUT2D eigenvalue weighted by Gasteiger charge is 2.32. The lowest BCUT2D eigenvalue weighted by molar-refractivity contribution is -0.138. The van der Waals surface area contributed by atoms with Crippen LogP contribution in [-0.4, -0.2) is 58.8 Å². The molecular weight excluding hydrogens is 363 g/mol. The van der Waals surface area contributed by atoms with Gasteiger partial charge in [-0.2, -0.15) is 0 Å². The van der Waals surface area contributed by atoms with E-state index in [-0.39, 0.29) is 48.6 Å². The first kappa shape index (κ1) is 21.7. The fourth-order valence-electron chi connectivity index (χ4n) is 3.51. The molecule has 0 spiro atoms. The lowest BCUT2D eigenvalue weighted by Gasteiger charge is -2.37. The molecule has 0 radical (unpaired) electrons. The summed E-state index contributed by atoms with van der Waals surface area (Å²) in [5.41, 5.74) is 6.61. The third kappa shape index (κ3) is 5.30. The Labute approximate surface area is 161 Å². The summed E-state index contributed by atoms with van der Waals surface area (Å²) >= 11 is 0. The second-order valence-electron chi connectivity index (χ2n) is 6.51. The maximum atomic E-state index is 12.7. The Bertz CT molecular complexity index is 573. The van der Waals surface area contributed by atoms with Crippen molar-refractivity contribution >= 4 is 36.6 Å². The zero-order valence-corrected chi connectivity index (χ0v) is 15.8. The quantitative estimate of drug-likeness (QED) is 0.836. The largest absolute Gasteiger partial charge is 0.341 e. The summed E-state index contributed by atoms with van der Waals surface area (Å²) in [4.78, 5) is 32.9. The predicted octanol–water partition coefficient (Wildman–Crippen LogP) is 1.73. The Morgan fingerprint density at radius 3 is 2.32 bits per heavy atom. The van der Waals surface area contributed by atoms with E-state index >= 15 is 0 Å². The molecule has 0 aliphatic carbocycles. The van der Waals surface area contributed by atoms with E-state index in [1.807, 2.05) is 4.90 Å². The molecule has 2 atom stereocenters. The number of hydrogen-bond acceptors (Lipinski definition) is 4. The molecule has 6 nitrogen and oxygen atoms in total. The standard InChI is InChI=1S/C17H24N4O2.2ClH/c18-15-4-2-10-21(12-15)17(23)14-3-1-9-20(11-14)16(22)13-5-7-19-8-6-13;;/h5-8,14-15H,1-4,9-12,18H2;2*1H. The lowest BCUT2D eigenvalue weighted by atomic mass is 9.94. The number of carbonyl (C=O) groups is 2. The van der Waals surface area contributed by atoms with Crippen LogP contribution in [-0.2, 0) is 4.79 Å². The van der Waals surface area contributed by atoms with Crippen LogP contribution in [0.3, 0.4) is 0 Å². The molecule has 2 unspecified atom stereocenters. The minimum absolute atomic E-state index is 0. The molecule has 25 heavy (non-hydrogen) atoms. The third-order valence-corrected chi connectivity index (χ3v) is 4.75. The van der Waals surface area contributed by atoms with E-state index in [0.717, 1.165) is 32.2 Å². The Morgan fingerprint density at radius 2 is 1.64 bits per heavy atom. The topological polar surface area (TPSA) is 79.5 Å². The number of pyridine rings is 1. The summed E-state index contributed by atoms with van der Waals surface area (Å²) in [6, 6.07) is 3.53. The van der Waals surface area contributed by atoms with Crippen LogP contribution in [0, 0.1) is 5.92 Å². The highest BCUT2D eigenvalue weighted by Crippen LogP contribution is 2.22. The van der Waals surface area contributed by atoms with Gasteiger partial charge in [-0.1, -0.05) is 0 Å². The smallest absolute Gasteiger partial charge is 0.253 e. The number of rotatable bonds is 2. The summed E-state index contributed by atoms with van der Waals surface area (Å²) < 4.78 is 0.